The first kappa shape index (κ1) is 23.1. The van der Waals surface area contributed by atoms with E-state index in [1.165, 1.54) is 6.33 Å². The number of fused-ring (bicyclic) bond motifs is 1. The third kappa shape index (κ3) is 4.56. The number of allylic oxidation sites excluding steroid dienone is 1. The second kappa shape index (κ2) is 8.40. The van der Waals surface area contributed by atoms with E-state index in [0.29, 0.717) is 23.7 Å². The number of aromatic nitrogens is 3. The molecule has 170 valence electrons. The average Bonchev–Trinajstić information content (AvgIpc) is 3.21. The van der Waals surface area contributed by atoms with Crippen LogP contribution >= 0.6 is 23.2 Å². The molecule has 0 saturated carbocycles. The fraction of sp³-hybridized carbons (Fsp3) is 0.100. The molecule has 0 amide bonds. The van der Waals surface area contributed by atoms with Gasteiger partial charge >= 0.3 is 6.18 Å². The Kier molecular flexibility index (Phi) is 5.89. The first-order valence-electron chi connectivity index (χ1n) is 9.07. The molecule has 13 heteroatoms. The van der Waals surface area contributed by atoms with Gasteiger partial charge in [0.1, 0.15) is 17.7 Å². The molecule has 2 heterocycles. The minimum atomic E-state index is -4.87. The summed E-state index contributed by atoms with van der Waals surface area (Å²) in [5.41, 5.74) is -0.906. The Morgan fingerprint density at radius 3 is 2.55 bits per heavy atom. The van der Waals surface area contributed by atoms with Gasteiger partial charge in [0.25, 0.3) is 10.0 Å². The second-order valence-corrected chi connectivity index (χ2v) is 9.34. The van der Waals surface area contributed by atoms with Crippen LogP contribution in [0, 0.1) is 0 Å². The zero-order valence-corrected chi connectivity index (χ0v) is 18.5. The van der Waals surface area contributed by atoms with E-state index in [2.05, 4.69) is 19.7 Å². The molecule has 4 rings (SSSR count). The minimum Gasteiger partial charge on any atom is -0.285 e. The molecule has 1 aliphatic carbocycles. The molecule has 7 nitrogen and oxygen atoms in total. The molecule has 0 radical (unpaired) electrons. The van der Waals surface area contributed by atoms with E-state index in [1.54, 1.807) is 12.2 Å². The molecule has 0 saturated heterocycles. The van der Waals surface area contributed by atoms with E-state index in [9.17, 15) is 26.4 Å². The van der Waals surface area contributed by atoms with Gasteiger partial charge in [0.15, 0.2) is 0 Å². The standard InChI is InChI=1S/C20H11Cl2F3N4O3S/c21-10-6-16(29-33(31,32)11-4-5-14(22)13(7-11)20(23,24)25)18(26-8-10)19(30)17-12-2-1-3-15(12)27-9-28-17/h1-2,4-9,29H,3H2. The van der Waals surface area contributed by atoms with Crippen LogP contribution in [0.2, 0.25) is 10.0 Å². The number of carbonyl (C=O) groups excluding carboxylic acids is 1. The van der Waals surface area contributed by atoms with Gasteiger partial charge in [0, 0.05) is 18.2 Å². The number of sulfonamides is 1. The van der Waals surface area contributed by atoms with Gasteiger partial charge in [-0.15, -0.1) is 0 Å². The van der Waals surface area contributed by atoms with Crippen LogP contribution in [0.1, 0.15) is 33.0 Å². The van der Waals surface area contributed by atoms with Gasteiger partial charge in [-0.1, -0.05) is 35.4 Å². The van der Waals surface area contributed by atoms with Crippen LogP contribution in [0.25, 0.3) is 6.08 Å². The molecule has 1 aromatic carbocycles. The van der Waals surface area contributed by atoms with Crippen LogP contribution in [0.5, 0.6) is 0 Å². The number of nitrogens with zero attached hydrogens (tertiary/aromatic N) is 3. The van der Waals surface area contributed by atoms with Gasteiger partial charge in [-0.2, -0.15) is 13.2 Å². The Labute approximate surface area is 195 Å². The highest BCUT2D eigenvalue weighted by atomic mass is 35.5. The largest absolute Gasteiger partial charge is 0.417 e. The van der Waals surface area contributed by atoms with Crippen LogP contribution in [-0.2, 0) is 22.6 Å². The van der Waals surface area contributed by atoms with E-state index in [-0.39, 0.29) is 22.1 Å². The predicted molar refractivity (Wildman–Crippen MR) is 115 cm³/mol. The molecule has 33 heavy (non-hydrogen) atoms. The predicted octanol–water partition coefficient (Wildman–Crippen LogP) is 4.80. The Morgan fingerprint density at radius 2 is 1.82 bits per heavy atom. The first-order valence-corrected chi connectivity index (χ1v) is 11.3. The molecular formula is C20H11Cl2F3N4O3S. The summed E-state index contributed by atoms with van der Waals surface area (Å²) in [5.74, 6) is -0.721. The molecule has 0 bridgehead atoms. The maximum Gasteiger partial charge on any atom is 0.417 e. The summed E-state index contributed by atoms with van der Waals surface area (Å²) in [7, 11) is -4.59. The topological polar surface area (TPSA) is 102 Å². The summed E-state index contributed by atoms with van der Waals surface area (Å²) in [6, 6.07) is 3.24. The molecule has 0 spiro atoms. The van der Waals surface area contributed by atoms with E-state index >= 15 is 0 Å². The maximum absolute atomic E-state index is 13.2. The molecule has 0 atom stereocenters. The lowest BCUT2D eigenvalue weighted by atomic mass is 10.1. The molecule has 3 aromatic rings. The summed E-state index contributed by atoms with van der Waals surface area (Å²) >= 11 is 11.5. The highest BCUT2D eigenvalue weighted by molar-refractivity contribution is 7.92. The van der Waals surface area contributed by atoms with Crippen molar-refractivity contribution in [1.82, 2.24) is 15.0 Å². The quantitative estimate of drug-likeness (QED) is 0.490. The van der Waals surface area contributed by atoms with Crippen molar-refractivity contribution < 1.29 is 26.4 Å². The van der Waals surface area contributed by atoms with Crippen LogP contribution in [0.4, 0.5) is 18.9 Å². The Hall–Kier alpha value is -3.02. The third-order valence-electron chi connectivity index (χ3n) is 4.64. The molecule has 2 aromatic heterocycles. The van der Waals surface area contributed by atoms with Crippen LogP contribution < -0.4 is 4.72 Å². The molecule has 0 aliphatic heterocycles. The first-order chi connectivity index (χ1) is 15.5. The summed E-state index contributed by atoms with van der Waals surface area (Å²) in [6.07, 6.45) is 1.41. The Balaban J connectivity index is 1.76. The van der Waals surface area contributed by atoms with Crippen LogP contribution in [0.15, 0.2) is 47.8 Å². The number of hydrogen-bond donors (Lipinski definition) is 1. The molecular weight excluding hydrogens is 504 g/mol. The molecule has 0 unspecified atom stereocenters. The van der Waals surface area contributed by atoms with E-state index in [0.717, 1.165) is 24.4 Å². The van der Waals surface area contributed by atoms with Gasteiger partial charge in [0.05, 0.1) is 31.9 Å². The van der Waals surface area contributed by atoms with Crippen molar-refractivity contribution in [3.8, 4) is 0 Å². The number of carbonyl (C=O) groups is 1. The highest BCUT2D eigenvalue weighted by Gasteiger charge is 2.35. The number of ketones is 1. The number of pyridine rings is 1. The summed E-state index contributed by atoms with van der Waals surface area (Å²) < 4.78 is 67.3. The maximum atomic E-state index is 13.2. The van der Waals surface area contributed by atoms with Crippen molar-refractivity contribution in [3.63, 3.8) is 0 Å². The lowest BCUT2D eigenvalue weighted by Crippen LogP contribution is -2.19. The lowest BCUT2D eigenvalue weighted by Gasteiger charge is -2.14. The SMILES string of the molecule is O=C(c1ncc(Cl)cc1NS(=O)(=O)c1ccc(Cl)c(C(F)(F)F)c1)c1ncnc2c1C=CC2. The van der Waals surface area contributed by atoms with Crippen molar-refractivity contribution in [2.24, 2.45) is 0 Å². The van der Waals surface area contributed by atoms with Gasteiger partial charge < -0.3 is 0 Å². The summed E-state index contributed by atoms with van der Waals surface area (Å²) in [5, 5.41) is -0.670. The smallest absolute Gasteiger partial charge is 0.285 e. The number of rotatable bonds is 5. The average molecular weight is 515 g/mol. The highest BCUT2D eigenvalue weighted by Crippen LogP contribution is 2.36. The van der Waals surface area contributed by atoms with Crippen molar-refractivity contribution in [2.45, 2.75) is 17.5 Å². The number of hydrogen-bond acceptors (Lipinski definition) is 6. The van der Waals surface area contributed by atoms with Gasteiger partial charge in [-0.25, -0.2) is 23.4 Å². The Bertz CT molecular complexity index is 1430. The lowest BCUT2D eigenvalue weighted by molar-refractivity contribution is -0.137. The van der Waals surface area contributed by atoms with E-state index in [4.69, 9.17) is 23.2 Å². The minimum absolute atomic E-state index is 0.00475. The third-order valence-corrected chi connectivity index (χ3v) is 6.54. The van der Waals surface area contributed by atoms with Gasteiger partial charge in [0.2, 0.25) is 5.78 Å². The second-order valence-electron chi connectivity index (χ2n) is 6.81. The van der Waals surface area contributed by atoms with Crippen LogP contribution in [0.3, 0.4) is 0 Å². The number of alkyl halides is 3. The molecule has 1 aliphatic rings. The normalized spacial score (nSPS) is 13.1. The van der Waals surface area contributed by atoms with Crippen molar-refractivity contribution >= 4 is 50.8 Å². The monoisotopic (exact) mass is 514 g/mol. The summed E-state index contributed by atoms with van der Waals surface area (Å²) in [6.45, 7) is 0. The van der Waals surface area contributed by atoms with Crippen LogP contribution in [-0.4, -0.2) is 29.2 Å². The van der Waals surface area contributed by atoms with Crippen molar-refractivity contribution in [2.75, 3.05) is 4.72 Å². The van der Waals surface area contributed by atoms with Gasteiger partial charge in [-0.05, 0) is 24.3 Å². The van der Waals surface area contributed by atoms with Crippen molar-refractivity contribution in [1.29, 1.82) is 0 Å². The number of halogens is 5. The van der Waals surface area contributed by atoms with Gasteiger partial charge in [-0.3, -0.25) is 9.52 Å². The summed E-state index contributed by atoms with van der Waals surface area (Å²) in [4.78, 5) is 24.5. The molecule has 0 fully saturated rings. The number of nitrogens with one attached hydrogen (secondary N) is 1. The van der Waals surface area contributed by atoms with Crippen molar-refractivity contribution in [3.05, 3.63) is 81.1 Å². The zero-order chi connectivity index (χ0) is 24.0. The van der Waals surface area contributed by atoms with E-state index in [1.807, 2.05) is 0 Å². The zero-order valence-electron chi connectivity index (χ0n) is 16.2. The molecule has 1 N–H and O–H groups in total. The fourth-order valence-corrected chi connectivity index (χ4v) is 4.61. The fourth-order valence-electron chi connectivity index (χ4n) is 3.14. The Morgan fingerprint density at radius 1 is 1.06 bits per heavy atom. The number of benzene rings is 1. The van der Waals surface area contributed by atoms with E-state index < -0.39 is 37.5 Å². The number of anilines is 1.